The van der Waals surface area contributed by atoms with Gasteiger partial charge in [-0.15, -0.1) is 0 Å². The highest BCUT2D eigenvalue weighted by Crippen LogP contribution is 2.16. The Bertz CT molecular complexity index is 547. The van der Waals surface area contributed by atoms with Gasteiger partial charge in [0.1, 0.15) is 0 Å². The van der Waals surface area contributed by atoms with Gasteiger partial charge in [-0.2, -0.15) is 0 Å². The Hall–Kier alpha value is -1.40. The maximum atomic E-state index is 12.3. The van der Waals surface area contributed by atoms with Crippen LogP contribution in [-0.2, 0) is 15.8 Å². The van der Waals surface area contributed by atoms with E-state index in [1.54, 1.807) is 19.2 Å². The van der Waals surface area contributed by atoms with Crippen LogP contribution in [0.2, 0.25) is 0 Å². The average molecular weight is 299 g/mol. The molecule has 112 valence electrons. The molecular formula is C14H21NO4S. The zero-order valence-corrected chi connectivity index (χ0v) is 12.9. The molecule has 0 saturated carbocycles. The monoisotopic (exact) mass is 299 g/mol. The summed E-state index contributed by atoms with van der Waals surface area (Å²) in [5.74, 6) is -1.13. The van der Waals surface area contributed by atoms with Crippen molar-refractivity contribution in [3.8, 4) is 0 Å². The van der Waals surface area contributed by atoms with Crippen LogP contribution in [0.25, 0.3) is 0 Å². The van der Waals surface area contributed by atoms with Crippen molar-refractivity contribution in [1.29, 1.82) is 0 Å². The number of benzene rings is 1. The van der Waals surface area contributed by atoms with Crippen molar-refractivity contribution in [2.75, 3.05) is 7.05 Å². The van der Waals surface area contributed by atoms with E-state index in [0.717, 1.165) is 12.8 Å². The maximum absolute atomic E-state index is 12.3. The molecule has 1 aromatic rings. The lowest BCUT2D eigenvalue weighted by molar-refractivity contribution is 0.0697. The number of sulfonamides is 1. The van der Waals surface area contributed by atoms with E-state index in [1.165, 1.54) is 16.4 Å². The lowest BCUT2D eigenvalue weighted by atomic mass is 10.1. The number of rotatable bonds is 7. The van der Waals surface area contributed by atoms with Crippen molar-refractivity contribution in [1.82, 2.24) is 4.31 Å². The molecule has 0 aliphatic rings. The minimum Gasteiger partial charge on any atom is -0.478 e. The van der Waals surface area contributed by atoms with Crippen LogP contribution in [0.5, 0.6) is 0 Å². The Balaban J connectivity index is 2.88. The van der Waals surface area contributed by atoms with E-state index in [1.807, 2.05) is 13.8 Å². The number of hydrogen-bond acceptors (Lipinski definition) is 3. The van der Waals surface area contributed by atoms with Crippen molar-refractivity contribution in [2.45, 2.75) is 38.5 Å². The Morgan fingerprint density at radius 2 is 1.70 bits per heavy atom. The van der Waals surface area contributed by atoms with Gasteiger partial charge in [0.05, 0.1) is 11.3 Å². The first-order chi connectivity index (χ1) is 9.31. The van der Waals surface area contributed by atoms with Crippen LogP contribution in [0, 0.1) is 0 Å². The van der Waals surface area contributed by atoms with Crippen molar-refractivity contribution in [3.05, 3.63) is 35.4 Å². The molecule has 5 nitrogen and oxygen atoms in total. The van der Waals surface area contributed by atoms with Crippen LogP contribution >= 0.6 is 0 Å². The van der Waals surface area contributed by atoms with Gasteiger partial charge in [0.15, 0.2) is 0 Å². The predicted molar refractivity (Wildman–Crippen MR) is 78.2 cm³/mol. The van der Waals surface area contributed by atoms with Crippen LogP contribution in [-0.4, -0.2) is 36.9 Å². The summed E-state index contributed by atoms with van der Waals surface area (Å²) < 4.78 is 26.0. The predicted octanol–water partition coefficient (Wildman–Crippen LogP) is 2.33. The third-order valence-corrected chi connectivity index (χ3v) is 5.32. The van der Waals surface area contributed by atoms with Crippen LogP contribution in [0.1, 0.15) is 42.6 Å². The van der Waals surface area contributed by atoms with Gasteiger partial charge in [-0.3, -0.25) is 0 Å². The molecular weight excluding hydrogens is 278 g/mol. The first kappa shape index (κ1) is 16.7. The smallest absolute Gasteiger partial charge is 0.335 e. The summed E-state index contributed by atoms with van der Waals surface area (Å²) >= 11 is 0. The standard InChI is InChI=1S/C14H21NO4S/c1-4-13(5-2)15(3)20(18,19)10-11-6-8-12(9-7-11)14(16)17/h6-9,13H,4-5,10H2,1-3H3,(H,16,17). The first-order valence-electron chi connectivity index (χ1n) is 6.59. The van der Waals surface area contributed by atoms with Gasteiger partial charge in [0.25, 0.3) is 0 Å². The fraction of sp³-hybridized carbons (Fsp3) is 0.500. The zero-order valence-electron chi connectivity index (χ0n) is 12.0. The van der Waals surface area contributed by atoms with E-state index in [4.69, 9.17) is 5.11 Å². The Labute approximate surface area is 120 Å². The summed E-state index contributed by atoms with van der Waals surface area (Å²) in [7, 11) is -1.79. The van der Waals surface area contributed by atoms with Crippen LogP contribution in [0.15, 0.2) is 24.3 Å². The van der Waals surface area contributed by atoms with Crippen molar-refractivity contribution in [3.63, 3.8) is 0 Å². The van der Waals surface area contributed by atoms with E-state index in [2.05, 4.69) is 0 Å². The van der Waals surface area contributed by atoms with Crippen LogP contribution in [0.3, 0.4) is 0 Å². The van der Waals surface area contributed by atoms with Gasteiger partial charge in [0.2, 0.25) is 10.0 Å². The minimum absolute atomic E-state index is 0.00158. The number of aromatic carboxylic acids is 1. The summed E-state index contributed by atoms with van der Waals surface area (Å²) in [5, 5.41) is 8.81. The van der Waals surface area contributed by atoms with Crippen LogP contribution in [0.4, 0.5) is 0 Å². The Morgan fingerprint density at radius 1 is 1.20 bits per heavy atom. The molecule has 0 amide bonds. The van der Waals surface area contributed by atoms with Gasteiger partial charge >= 0.3 is 5.97 Å². The van der Waals surface area contributed by atoms with E-state index < -0.39 is 16.0 Å². The second-order valence-electron chi connectivity index (χ2n) is 4.74. The summed E-state index contributed by atoms with van der Waals surface area (Å²) in [6.07, 6.45) is 1.54. The topological polar surface area (TPSA) is 74.7 Å². The van der Waals surface area contributed by atoms with E-state index in [-0.39, 0.29) is 17.4 Å². The molecule has 0 aromatic heterocycles. The molecule has 0 atom stereocenters. The third kappa shape index (κ3) is 4.05. The maximum Gasteiger partial charge on any atom is 0.335 e. The molecule has 1 aromatic carbocycles. The van der Waals surface area contributed by atoms with Gasteiger partial charge < -0.3 is 5.11 Å². The van der Waals surface area contributed by atoms with Gasteiger partial charge in [-0.25, -0.2) is 17.5 Å². The SMILES string of the molecule is CCC(CC)N(C)S(=O)(=O)Cc1ccc(C(=O)O)cc1. The zero-order chi connectivity index (χ0) is 15.3. The average Bonchev–Trinajstić information content (AvgIpc) is 2.40. The number of carboxylic acids is 1. The fourth-order valence-corrected chi connectivity index (χ4v) is 3.66. The molecule has 0 spiro atoms. The summed E-state index contributed by atoms with van der Waals surface area (Å²) in [6, 6.07) is 5.93. The van der Waals surface area contributed by atoms with Crippen molar-refractivity contribution >= 4 is 16.0 Å². The lowest BCUT2D eigenvalue weighted by Gasteiger charge is -2.25. The number of carbonyl (C=O) groups is 1. The molecule has 0 saturated heterocycles. The van der Waals surface area contributed by atoms with Crippen molar-refractivity contribution < 1.29 is 18.3 Å². The molecule has 0 aliphatic carbocycles. The van der Waals surface area contributed by atoms with Gasteiger partial charge in [-0.05, 0) is 30.5 Å². The van der Waals surface area contributed by atoms with Gasteiger partial charge in [0, 0.05) is 13.1 Å². The highest BCUT2D eigenvalue weighted by molar-refractivity contribution is 7.88. The molecule has 0 radical (unpaired) electrons. The molecule has 1 N–H and O–H groups in total. The molecule has 0 unspecified atom stereocenters. The second kappa shape index (κ2) is 6.85. The molecule has 0 aliphatic heterocycles. The molecule has 0 heterocycles. The summed E-state index contributed by atoms with van der Waals surface area (Å²) in [4.78, 5) is 10.7. The third-order valence-electron chi connectivity index (χ3n) is 3.45. The molecule has 6 heteroatoms. The largest absolute Gasteiger partial charge is 0.478 e. The molecule has 1 rings (SSSR count). The highest BCUT2D eigenvalue weighted by atomic mass is 32.2. The molecule has 0 bridgehead atoms. The number of carboxylic acid groups (broad SMARTS) is 1. The second-order valence-corrected chi connectivity index (χ2v) is 6.77. The Morgan fingerprint density at radius 3 is 2.10 bits per heavy atom. The first-order valence-corrected chi connectivity index (χ1v) is 8.20. The van der Waals surface area contributed by atoms with E-state index in [9.17, 15) is 13.2 Å². The quantitative estimate of drug-likeness (QED) is 0.838. The Kier molecular flexibility index (Phi) is 5.71. The normalized spacial score (nSPS) is 12.1. The summed E-state index contributed by atoms with van der Waals surface area (Å²) in [5.41, 5.74) is 0.743. The number of nitrogens with zero attached hydrogens (tertiary/aromatic N) is 1. The van der Waals surface area contributed by atoms with Crippen molar-refractivity contribution in [2.24, 2.45) is 0 Å². The van der Waals surface area contributed by atoms with Crippen LogP contribution < -0.4 is 0 Å². The minimum atomic E-state index is -3.38. The van der Waals surface area contributed by atoms with Gasteiger partial charge in [-0.1, -0.05) is 26.0 Å². The highest BCUT2D eigenvalue weighted by Gasteiger charge is 2.24. The summed E-state index contributed by atoms with van der Waals surface area (Å²) in [6.45, 7) is 3.92. The number of hydrogen-bond donors (Lipinski definition) is 1. The fourth-order valence-electron chi connectivity index (χ4n) is 2.09. The van der Waals surface area contributed by atoms with E-state index >= 15 is 0 Å². The molecule has 0 fully saturated rings. The molecule has 20 heavy (non-hydrogen) atoms. The lowest BCUT2D eigenvalue weighted by Crippen LogP contribution is -2.37. The van der Waals surface area contributed by atoms with E-state index in [0.29, 0.717) is 5.56 Å².